The Morgan fingerprint density at radius 2 is 1.86 bits per heavy atom. The molecule has 2 nitrogen and oxygen atoms in total. The lowest BCUT2D eigenvalue weighted by Crippen LogP contribution is -2.10. The summed E-state index contributed by atoms with van der Waals surface area (Å²) in [5.74, 6) is 0. The molecule has 0 aliphatic heterocycles. The monoisotopic (exact) mass is 187 g/mol. The van der Waals surface area contributed by atoms with Crippen molar-refractivity contribution >= 4 is 10.8 Å². The SMILES string of the molecule is CCc1[nH]c(=O)c2ccccc2c1C. The number of benzene rings is 1. The van der Waals surface area contributed by atoms with Crippen molar-refractivity contribution in [2.75, 3.05) is 0 Å². The number of fused-ring (bicyclic) bond motifs is 1. The maximum Gasteiger partial charge on any atom is 0.256 e. The Morgan fingerprint density at radius 3 is 2.50 bits per heavy atom. The van der Waals surface area contributed by atoms with Gasteiger partial charge in [-0.15, -0.1) is 0 Å². The van der Waals surface area contributed by atoms with Crippen molar-refractivity contribution in [1.29, 1.82) is 0 Å². The summed E-state index contributed by atoms with van der Waals surface area (Å²) in [7, 11) is 0. The van der Waals surface area contributed by atoms with Gasteiger partial charge in [-0.1, -0.05) is 25.1 Å². The maximum absolute atomic E-state index is 11.7. The number of H-pyrrole nitrogens is 1. The number of pyridine rings is 1. The zero-order valence-corrected chi connectivity index (χ0v) is 8.42. The molecule has 0 radical (unpaired) electrons. The fourth-order valence-corrected chi connectivity index (χ4v) is 1.82. The van der Waals surface area contributed by atoms with Crippen LogP contribution in [0.15, 0.2) is 29.1 Å². The van der Waals surface area contributed by atoms with E-state index in [1.54, 1.807) is 0 Å². The van der Waals surface area contributed by atoms with E-state index in [2.05, 4.69) is 11.9 Å². The minimum absolute atomic E-state index is 0.0167. The van der Waals surface area contributed by atoms with Gasteiger partial charge in [0.15, 0.2) is 0 Å². The predicted octanol–water partition coefficient (Wildman–Crippen LogP) is 2.40. The Bertz CT molecular complexity index is 525. The van der Waals surface area contributed by atoms with Crippen LogP contribution < -0.4 is 5.56 Å². The Morgan fingerprint density at radius 1 is 1.21 bits per heavy atom. The topological polar surface area (TPSA) is 32.9 Å². The average molecular weight is 187 g/mol. The highest BCUT2D eigenvalue weighted by Crippen LogP contribution is 2.16. The highest BCUT2D eigenvalue weighted by Gasteiger charge is 2.04. The van der Waals surface area contributed by atoms with Crippen LogP contribution in [0.4, 0.5) is 0 Å². The Hall–Kier alpha value is -1.57. The van der Waals surface area contributed by atoms with Gasteiger partial charge >= 0.3 is 0 Å². The van der Waals surface area contributed by atoms with Crippen LogP contribution in [0.25, 0.3) is 10.8 Å². The molecule has 0 spiro atoms. The molecule has 0 fully saturated rings. The molecule has 0 unspecified atom stereocenters. The number of hydrogen-bond acceptors (Lipinski definition) is 1. The molecule has 0 aliphatic rings. The van der Waals surface area contributed by atoms with Crippen molar-refractivity contribution < 1.29 is 0 Å². The summed E-state index contributed by atoms with van der Waals surface area (Å²) in [6, 6.07) is 7.72. The van der Waals surface area contributed by atoms with Crippen molar-refractivity contribution in [3.63, 3.8) is 0 Å². The molecule has 1 aromatic heterocycles. The fraction of sp³-hybridized carbons (Fsp3) is 0.250. The lowest BCUT2D eigenvalue weighted by Gasteiger charge is -2.06. The molecule has 0 saturated heterocycles. The van der Waals surface area contributed by atoms with Crippen molar-refractivity contribution in [3.05, 3.63) is 45.9 Å². The van der Waals surface area contributed by atoms with Crippen LogP contribution in [0.5, 0.6) is 0 Å². The van der Waals surface area contributed by atoms with Gasteiger partial charge in [0, 0.05) is 11.1 Å². The molecule has 2 aromatic rings. The molecule has 72 valence electrons. The van der Waals surface area contributed by atoms with E-state index in [0.29, 0.717) is 0 Å². The van der Waals surface area contributed by atoms with Crippen LogP contribution in [0, 0.1) is 6.92 Å². The van der Waals surface area contributed by atoms with Gasteiger partial charge in [-0.25, -0.2) is 0 Å². The minimum Gasteiger partial charge on any atom is -0.325 e. The Labute approximate surface area is 82.6 Å². The third-order valence-corrected chi connectivity index (χ3v) is 2.65. The summed E-state index contributed by atoms with van der Waals surface area (Å²) in [6.45, 7) is 4.10. The van der Waals surface area contributed by atoms with Gasteiger partial charge in [0.25, 0.3) is 5.56 Å². The molecule has 1 N–H and O–H groups in total. The van der Waals surface area contributed by atoms with Crippen molar-refractivity contribution in [2.45, 2.75) is 20.3 Å². The van der Waals surface area contributed by atoms with E-state index in [9.17, 15) is 4.79 Å². The zero-order chi connectivity index (χ0) is 10.1. The predicted molar refractivity (Wildman–Crippen MR) is 58.7 cm³/mol. The molecule has 0 saturated carbocycles. The van der Waals surface area contributed by atoms with E-state index in [-0.39, 0.29) is 5.56 Å². The number of rotatable bonds is 1. The summed E-state index contributed by atoms with van der Waals surface area (Å²) in [4.78, 5) is 14.6. The lowest BCUT2D eigenvalue weighted by atomic mass is 10.0. The molecule has 0 atom stereocenters. The standard InChI is InChI=1S/C12H13NO/c1-3-11-8(2)9-6-4-5-7-10(9)12(14)13-11/h4-7H,3H2,1-2H3,(H,13,14). The minimum atomic E-state index is 0.0167. The van der Waals surface area contributed by atoms with E-state index < -0.39 is 0 Å². The first-order valence-corrected chi connectivity index (χ1v) is 4.84. The molecule has 1 aromatic carbocycles. The molecule has 0 amide bonds. The molecular weight excluding hydrogens is 174 g/mol. The summed E-state index contributed by atoms with van der Waals surface area (Å²) in [6.07, 6.45) is 0.867. The Kier molecular flexibility index (Phi) is 2.12. The van der Waals surface area contributed by atoms with Crippen molar-refractivity contribution in [2.24, 2.45) is 0 Å². The normalized spacial score (nSPS) is 10.7. The molecule has 2 rings (SSSR count). The van der Waals surface area contributed by atoms with Gasteiger partial charge < -0.3 is 4.98 Å². The highest BCUT2D eigenvalue weighted by molar-refractivity contribution is 5.85. The number of aromatic amines is 1. The molecule has 0 bridgehead atoms. The van der Waals surface area contributed by atoms with Gasteiger partial charge in [0.1, 0.15) is 0 Å². The second-order valence-electron chi connectivity index (χ2n) is 3.46. The molecule has 2 heteroatoms. The number of aryl methyl sites for hydroxylation is 2. The van der Waals surface area contributed by atoms with Crippen molar-refractivity contribution in [1.82, 2.24) is 4.98 Å². The number of aromatic nitrogens is 1. The molecule has 1 heterocycles. The van der Waals surface area contributed by atoms with Gasteiger partial charge in [-0.2, -0.15) is 0 Å². The number of nitrogens with one attached hydrogen (secondary N) is 1. The molecule has 14 heavy (non-hydrogen) atoms. The summed E-state index contributed by atoms with van der Waals surface area (Å²) >= 11 is 0. The van der Waals surface area contributed by atoms with Gasteiger partial charge in [-0.05, 0) is 30.4 Å². The Balaban J connectivity index is 2.95. The first-order valence-electron chi connectivity index (χ1n) is 4.84. The first kappa shape index (κ1) is 9.00. The van der Waals surface area contributed by atoms with E-state index in [4.69, 9.17) is 0 Å². The van der Waals surface area contributed by atoms with Crippen LogP contribution in [-0.2, 0) is 6.42 Å². The van der Waals surface area contributed by atoms with E-state index in [1.165, 1.54) is 5.56 Å². The second-order valence-corrected chi connectivity index (χ2v) is 3.46. The van der Waals surface area contributed by atoms with E-state index in [0.717, 1.165) is 22.9 Å². The highest BCUT2D eigenvalue weighted by atomic mass is 16.1. The van der Waals surface area contributed by atoms with E-state index >= 15 is 0 Å². The van der Waals surface area contributed by atoms with Gasteiger partial charge in [-0.3, -0.25) is 4.79 Å². The smallest absolute Gasteiger partial charge is 0.256 e. The van der Waals surface area contributed by atoms with Crippen LogP contribution >= 0.6 is 0 Å². The van der Waals surface area contributed by atoms with Crippen LogP contribution in [0.2, 0.25) is 0 Å². The third kappa shape index (κ3) is 1.23. The van der Waals surface area contributed by atoms with Crippen molar-refractivity contribution in [3.8, 4) is 0 Å². The van der Waals surface area contributed by atoms with Gasteiger partial charge in [0.2, 0.25) is 0 Å². The first-order chi connectivity index (χ1) is 6.74. The molecule has 0 aliphatic carbocycles. The maximum atomic E-state index is 11.7. The number of hydrogen-bond donors (Lipinski definition) is 1. The average Bonchev–Trinajstić information content (AvgIpc) is 2.23. The third-order valence-electron chi connectivity index (χ3n) is 2.65. The molecular formula is C12H13NO. The lowest BCUT2D eigenvalue weighted by molar-refractivity contribution is 1.00. The van der Waals surface area contributed by atoms with Crippen LogP contribution in [-0.4, -0.2) is 4.98 Å². The summed E-state index contributed by atoms with van der Waals surface area (Å²) < 4.78 is 0. The second kappa shape index (κ2) is 3.29. The van der Waals surface area contributed by atoms with Crippen LogP contribution in [0.1, 0.15) is 18.2 Å². The van der Waals surface area contributed by atoms with E-state index in [1.807, 2.05) is 31.2 Å². The van der Waals surface area contributed by atoms with Gasteiger partial charge in [0.05, 0.1) is 0 Å². The fourth-order valence-electron chi connectivity index (χ4n) is 1.82. The van der Waals surface area contributed by atoms with Crippen LogP contribution in [0.3, 0.4) is 0 Å². The zero-order valence-electron chi connectivity index (χ0n) is 8.42. The summed E-state index contributed by atoms with van der Waals surface area (Å²) in [5.41, 5.74) is 2.24. The largest absolute Gasteiger partial charge is 0.325 e. The quantitative estimate of drug-likeness (QED) is 0.730. The summed E-state index contributed by atoms with van der Waals surface area (Å²) in [5, 5.41) is 1.84.